The van der Waals surface area contributed by atoms with E-state index in [0.717, 1.165) is 11.5 Å². The molecule has 0 bridgehead atoms. The molecule has 4 heteroatoms. The third-order valence-electron chi connectivity index (χ3n) is 1.88. The van der Waals surface area contributed by atoms with Gasteiger partial charge in [0.25, 0.3) is 0 Å². The fraction of sp³-hybridized carbons (Fsp3) is 0.0909. The number of nitrogens with zero attached hydrogens (tertiary/aromatic N) is 2. The van der Waals surface area contributed by atoms with Gasteiger partial charge in [-0.3, -0.25) is 5.43 Å². The summed E-state index contributed by atoms with van der Waals surface area (Å²) in [5.74, 6) is 1.46. The summed E-state index contributed by atoms with van der Waals surface area (Å²) < 4.78 is 5.19. The van der Waals surface area contributed by atoms with E-state index >= 15 is 0 Å². The average Bonchev–Trinajstić information content (AvgIpc) is 2.81. The van der Waals surface area contributed by atoms with Crippen LogP contribution in [0.25, 0.3) is 0 Å². The lowest BCUT2D eigenvalue weighted by atomic mass is 10.3. The molecular weight excluding hydrogens is 190 g/mol. The van der Waals surface area contributed by atoms with Crippen LogP contribution < -0.4 is 5.43 Å². The van der Waals surface area contributed by atoms with E-state index in [-0.39, 0.29) is 0 Å². The molecule has 2 aromatic heterocycles. The Bertz CT molecular complexity index is 434. The molecule has 15 heavy (non-hydrogen) atoms. The Hall–Kier alpha value is -2.10. The maximum absolute atomic E-state index is 5.19. The van der Waals surface area contributed by atoms with Crippen LogP contribution in [-0.4, -0.2) is 10.7 Å². The third-order valence-corrected chi connectivity index (χ3v) is 1.88. The minimum atomic E-state index is 0.711. The van der Waals surface area contributed by atoms with Gasteiger partial charge < -0.3 is 4.42 Å². The second-order valence-electron chi connectivity index (χ2n) is 3.00. The Kier molecular flexibility index (Phi) is 2.78. The van der Waals surface area contributed by atoms with Gasteiger partial charge >= 0.3 is 0 Å². The van der Waals surface area contributed by atoms with Crippen LogP contribution in [0.3, 0.4) is 0 Å². The number of anilines is 1. The zero-order valence-corrected chi connectivity index (χ0v) is 8.34. The number of rotatable bonds is 3. The highest BCUT2D eigenvalue weighted by atomic mass is 16.3. The number of pyridine rings is 1. The number of hydrogen-bond acceptors (Lipinski definition) is 4. The quantitative estimate of drug-likeness (QED) is 0.613. The van der Waals surface area contributed by atoms with E-state index in [9.17, 15) is 0 Å². The van der Waals surface area contributed by atoms with Crippen LogP contribution in [0.5, 0.6) is 0 Å². The average molecular weight is 201 g/mol. The highest BCUT2D eigenvalue weighted by Crippen LogP contribution is 2.04. The normalized spacial score (nSPS) is 11.4. The summed E-state index contributed by atoms with van der Waals surface area (Å²) in [6.07, 6.45) is 3.33. The number of nitrogens with one attached hydrogen (secondary N) is 1. The van der Waals surface area contributed by atoms with Crippen LogP contribution in [0.1, 0.15) is 12.7 Å². The molecule has 0 radical (unpaired) electrons. The lowest BCUT2D eigenvalue weighted by molar-refractivity contribution is 0.557. The Balaban J connectivity index is 2.06. The smallest absolute Gasteiger partial charge is 0.149 e. The molecular formula is C11H11N3O. The minimum Gasteiger partial charge on any atom is -0.463 e. The highest BCUT2D eigenvalue weighted by Gasteiger charge is 1.99. The second-order valence-corrected chi connectivity index (χ2v) is 3.00. The zero-order chi connectivity index (χ0) is 10.5. The molecule has 2 heterocycles. The Morgan fingerprint density at radius 3 is 2.93 bits per heavy atom. The van der Waals surface area contributed by atoms with Crippen molar-refractivity contribution in [2.45, 2.75) is 6.92 Å². The van der Waals surface area contributed by atoms with Gasteiger partial charge in [0.05, 0.1) is 6.26 Å². The van der Waals surface area contributed by atoms with Crippen molar-refractivity contribution in [3.8, 4) is 0 Å². The van der Waals surface area contributed by atoms with Gasteiger partial charge in [0.1, 0.15) is 17.3 Å². The predicted molar refractivity (Wildman–Crippen MR) is 58.8 cm³/mol. The lowest BCUT2D eigenvalue weighted by Gasteiger charge is -1.99. The van der Waals surface area contributed by atoms with Gasteiger partial charge in [-0.15, -0.1) is 0 Å². The van der Waals surface area contributed by atoms with E-state index in [1.54, 1.807) is 12.5 Å². The van der Waals surface area contributed by atoms with Crippen molar-refractivity contribution in [2.75, 3.05) is 5.43 Å². The van der Waals surface area contributed by atoms with Crippen LogP contribution in [-0.2, 0) is 0 Å². The fourth-order valence-corrected chi connectivity index (χ4v) is 1.11. The van der Waals surface area contributed by atoms with E-state index in [0.29, 0.717) is 5.82 Å². The summed E-state index contributed by atoms with van der Waals surface area (Å²) in [6, 6.07) is 9.29. The summed E-state index contributed by atoms with van der Waals surface area (Å²) >= 11 is 0. The van der Waals surface area contributed by atoms with Crippen LogP contribution >= 0.6 is 0 Å². The van der Waals surface area contributed by atoms with Crippen molar-refractivity contribution in [3.63, 3.8) is 0 Å². The first kappa shape index (κ1) is 9.45. The van der Waals surface area contributed by atoms with Crippen molar-refractivity contribution in [1.29, 1.82) is 0 Å². The van der Waals surface area contributed by atoms with Crippen molar-refractivity contribution in [2.24, 2.45) is 5.10 Å². The first-order chi connectivity index (χ1) is 7.36. The molecule has 2 rings (SSSR count). The van der Waals surface area contributed by atoms with Crippen LogP contribution in [0.2, 0.25) is 0 Å². The monoisotopic (exact) mass is 201 g/mol. The molecule has 1 N–H and O–H groups in total. The molecule has 2 aromatic rings. The summed E-state index contributed by atoms with van der Waals surface area (Å²) in [7, 11) is 0. The predicted octanol–water partition coefficient (Wildman–Crippen LogP) is 2.51. The molecule has 0 spiro atoms. The lowest BCUT2D eigenvalue weighted by Crippen LogP contribution is -1.98. The summed E-state index contributed by atoms with van der Waals surface area (Å²) in [4.78, 5) is 4.08. The Morgan fingerprint density at radius 1 is 1.33 bits per heavy atom. The van der Waals surface area contributed by atoms with Crippen molar-refractivity contribution >= 4 is 11.5 Å². The van der Waals surface area contributed by atoms with E-state index in [1.165, 1.54) is 0 Å². The van der Waals surface area contributed by atoms with Crippen molar-refractivity contribution in [1.82, 2.24) is 4.98 Å². The first-order valence-electron chi connectivity index (χ1n) is 4.61. The van der Waals surface area contributed by atoms with Crippen LogP contribution in [0.4, 0.5) is 5.82 Å². The second kappa shape index (κ2) is 4.41. The number of hydrazone groups is 1. The van der Waals surface area contributed by atoms with Crippen LogP contribution in [0, 0.1) is 0 Å². The number of hydrogen-bond donors (Lipinski definition) is 1. The van der Waals surface area contributed by atoms with Gasteiger partial charge in [-0.1, -0.05) is 6.07 Å². The molecule has 0 aromatic carbocycles. The summed E-state index contributed by atoms with van der Waals surface area (Å²) in [5.41, 5.74) is 3.63. The molecule has 0 atom stereocenters. The molecule has 0 fully saturated rings. The van der Waals surface area contributed by atoms with Gasteiger partial charge in [0.2, 0.25) is 0 Å². The SMILES string of the molecule is C/C(=N\Nc1ccccn1)c1ccco1. The topological polar surface area (TPSA) is 50.4 Å². The molecule has 0 saturated heterocycles. The number of aromatic nitrogens is 1. The van der Waals surface area contributed by atoms with Gasteiger partial charge in [0.15, 0.2) is 0 Å². The summed E-state index contributed by atoms with van der Waals surface area (Å²) in [5, 5.41) is 4.15. The molecule has 0 aliphatic rings. The van der Waals surface area contributed by atoms with Gasteiger partial charge in [-0.25, -0.2) is 4.98 Å². The molecule has 0 amide bonds. The highest BCUT2D eigenvalue weighted by molar-refractivity contribution is 5.96. The first-order valence-corrected chi connectivity index (χ1v) is 4.61. The third kappa shape index (κ3) is 2.43. The van der Waals surface area contributed by atoms with E-state index in [1.807, 2.05) is 37.3 Å². The van der Waals surface area contributed by atoms with Crippen LogP contribution in [0.15, 0.2) is 52.3 Å². The molecule has 76 valence electrons. The largest absolute Gasteiger partial charge is 0.463 e. The molecule has 0 unspecified atom stereocenters. The molecule has 0 aliphatic carbocycles. The standard InChI is InChI=1S/C11H11N3O/c1-9(10-5-4-8-15-10)13-14-11-6-2-3-7-12-11/h2-8H,1H3,(H,12,14)/b13-9+. The van der Waals surface area contributed by atoms with E-state index < -0.39 is 0 Å². The zero-order valence-electron chi connectivity index (χ0n) is 8.34. The number of furan rings is 1. The summed E-state index contributed by atoms with van der Waals surface area (Å²) in [6.45, 7) is 1.87. The van der Waals surface area contributed by atoms with E-state index in [4.69, 9.17) is 4.42 Å². The Labute approximate surface area is 87.6 Å². The van der Waals surface area contributed by atoms with Crippen molar-refractivity contribution < 1.29 is 4.42 Å². The molecule has 0 saturated carbocycles. The maximum atomic E-state index is 5.19. The van der Waals surface area contributed by atoms with Crippen molar-refractivity contribution in [3.05, 3.63) is 48.6 Å². The minimum absolute atomic E-state index is 0.711. The van der Waals surface area contributed by atoms with Gasteiger partial charge in [0, 0.05) is 6.20 Å². The fourth-order valence-electron chi connectivity index (χ4n) is 1.11. The Morgan fingerprint density at radius 2 is 2.27 bits per heavy atom. The van der Waals surface area contributed by atoms with Gasteiger partial charge in [-0.05, 0) is 31.2 Å². The van der Waals surface area contributed by atoms with E-state index in [2.05, 4.69) is 15.5 Å². The maximum Gasteiger partial charge on any atom is 0.149 e. The molecule has 0 aliphatic heterocycles. The molecule has 4 nitrogen and oxygen atoms in total. The van der Waals surface area contributed by atoms with Gasteiger partial charge in [-0.2, -0.15) is 5.10 Å².